The number of halogens is 4. The van der Waals surface area contributed by atoms with Crippen LogP contribution in [0.3, 0.4) is 0 Å². The summed E-state index contributed by atoms with van der Waals surface area (Å²) in [4.78, 5) is 11.4. The molecule has 0 aliphatic rings. The van der Waals surface area contributed by atoms with Gasteiger partial charge in [0.15, 0.2) is 0 Å². The summed E-state index contributed by atoms with van der Waals surface area (Å²) in [5.41, 5.74) is 1.10. The Hall–Kier alpha value is 0.810. The van der Waals surface area contributed by atoms with Crippen molar-refractivity contribution < 1.29 is 4.79 Å². The number of carbonyl (C=O) groups is 1. The highest BCUT2D eigenvalue weighted by Gasteiger charge is 2.17. The van der Waals surface area contributed by atoms with Gasteiger partial charge in [-0.3, -0.25) is 4.79 Å². The van der Waals surface area contributed by atoms with Crippen LogP contribution in [0.2, 0.25) is 0 Å². The van der Waals surface area contributed by atoms with E-state index in [4.69, 9.17) is 0 Å². The Labute approximate surface area is 129 Å². The lowest BCUT2D eigenvalue weighted by Crippen LogP contribution is -2.16. The summed E-state index contributed by atoms with van der Waals surface area (Å²) in [6, 6.07) is 3.96. The van der Waals surface area contributed by atoms with E-state index in [1.54, 1.807) is 0 Å². The highest BCUT2D eigenvalue weighted by molar-refractivity contribution is 9.11. The van der Waals surface area contributed by atoms with Gasteiger partial charge in [0.1, 0.15) is 5.78 Å². The van der Waals surface area contributed by atoms with E-state index in [2.05, 4.69) is 63.7 Å². The van der Waals surface area contributed by atoms with Gasteiger partial charge in [-0.1, -0.05) is 70.6 Å². The molecule has 0 bridgehead atoms. The van der Waals surface area contributed by atoms with Crippen molar-refractivity contribution in [3.05, 3.63) is 31.1 Å². The molecule has 0 N–H and O–H groups in total. The van der Waals surface area contributed by atoms with E-state index in [0.29, 0.717) is 12.8 Å². The summed E-state index contributed by atoms with van der Waals surface area (Å²) in [7, 11) is 0. The summed E-state index contributed by atoms with van der Waals surface area (Å²) in [6.45, 7) is 1.88. The smallest absolute Gasteiger partial charge is 0.146 e. The summed E-state index contributed by atoms with van der Waals surface area (Å²) >= 11 is 13.9. The molecule has 1 aromatic carbocycles. The molecule has 0 spiro atoms. The quantitative estimate of drug-likeness (QED) is 0.541. The van der Waals surface area contributed by atoms with E-state index in [-0.39, 0.29) is 10.6 Å². The highest BCUT2D eigenvalue weighted by atomic mass is 79.9. The molecule has 1 unspecified atom stereocenters. The topological polar surface area (TPSA) is 17.1 Å². The molecule has 0 heterocycles. The number of benzene rings is 1. The van der Waals surface area contributed by atoms with Gasteiger partial charge in [-0.2, -0.15) is 0 Å². The van der Waals surface area contributed by atoms with Crippen LogP contribution in [0.5, 0.6) is 0 Å². The first kappa shape index (κ1) is 14.9. The van der Waals surface area contributed by atoms with Crippen molar-refractivity contribution in [2.45, 2.75) is 24.6 Å². The molecule has 1 aromatic rings. The molecule has 1 nitrogen and oxygen atoms in total. The number of carbonyl (C=O) groups excluding carboxylic acids is 1. The number of rotatable bonds is 4. The highest BCUT2D eigenvalue weighted by Crippen LogP contribution is 2.31. The van der Waals surface area contributed by atoms with Gasteiger partial charge in [0.25, 0.3) is 0 Å². The van der Waals surface area contributed by atoms with Crippen LogP contribution in [0, 0.1) is 0 Å². The third-order valence-corrected chi connectivity index (χ3v) is 4.89. The van der Waals surface area contributed by atoms with E-state index >= 15 is 0 Å². The first-order valence-corrected chi connectivity index (χ1v) is 8.05. The number of Topliss-reactive ketones (excluding diaryl/α,β-unsaturated/α-hetero) is 1. The number of alkyl halides is 1. The Balaban J connectivity index is 2.93. The third-order valence-electron chi connectivity index (χ3n) is 2.19. The second-order valence-corrected chi connectivity index (χ2v) is 7.07. The standard InChI is InChI=1S/C11H10Br4O/c1-2-11(16)10(15)5-7-8(13)3-6(12)4-9(7)14/h3-4,10H,2,5H2,1H3. The number of ketones is 1. The maximum atomic E-state index is 11.5. The first-order valence-electron chi connectivity index (χ1n) is 4.76. The fraction of sp³-hybridized carbons (Fsp3) is 0.364. The van der Waals surface area contributed by atoms with Crippen molar-refractivity contribution >= 4 is 69.5 Å². The summed E-state index contributed by atoms with van der Waals surface area (Å²) in [5, 5.41) is 0. The maximum Gasteiger partial charge on any atom is 0.146 e. The van der Waals surface area contributed by atoms with E-state index in [1.165, 1.54) is 0 Å². The van der Waals surface area contributed by atoms with E-state index in [9.17, 15) is 4.79 Å². The average Bonchev–Trinajstić information content (AvgIpc) is 2.21. The molecule has 0 radical (unpaired) electrons. The zero-order valence-electron chi connectivity index (χ0n) is 8.57. The van der Waals surface area contributed by atoms with Crippen LogP contribution >= 0.6 is 63.7 Å². The van der Waals surface area contributed by atoms with Gasteiger partial charge in [0.2, 0.25) is 0 Å². The fourth-order valence-electron chi connectivity index (χ4n) is 1.28. The third kappa shape index (κ3) is 3.93. The van der Waals surface area contributed by atoms with E-state index < -0.39 is 0 Å². The van der Waals surface area contributed by atoms with Crippen LogP contribution in [-0.4, -0.2) is 10.6 Å². The van der Waals surface area contributed by atoms with Crippen LogP contribution in [0.25, 0.3) is 0 Å². The molecule has 0 saturated carbocycles. The van der Waals surface area contributed by atoms with Gasteiger partial charge in [0, 0.05) is 19.8 Å². The normalized spacial score (nSPS) is 12.6. The van der Waals surface area contributed by atoms with Gasteiger partial charge in [0.05, 0.1) is 4.83 Å². The van der Waals surface area contributed by atoms with Gasteiger partial charge < -0.3 is 0 Å². The van der Waals surface area contributed by atoms with Gasteiger partial charge >= 0.3 is 0 Å². The second kappa shape index (κ2) is 6.66. The SMILES string of the molecule is CCC(=O)C(Br)Cc1c(Br)cc(Br)cc1Br. The lowest BCUT2D eigenvalue weighted by atomic mass is 10.1. The molecule has 5 heteroatoms. The minimum absolute atomic E-state index is 0.119. The summed E-state index contributed by atoms with van der Waals surface area (Å²) in [6.07, 6.45) is 1.24. The summed E-state index contributed by atoms with van der Waals surface area (Å²) < 4.78 is 3.01. The first-order chi connectivity index (χ1) is 7.45. The summed E-state index contributed by atoms with van der Waals surface area (Å²) in [5.74, 6) is 0.224. The molecule has 0 amide bonds. The molecule has 0 aromatic heterocycles. The lowest BCUT2D eigenvalue weighted by molar-refractivity contribution is -0.118. The molecule has 0 aliphatic heterocycles. The second-order valence-electron chi connectivity index (χ2n) is 3.34. The van der Waals surface area contributed by atoms with E-state index in [1.807, 2.05) is 19.1 Å². The van der Waals surface area contributed by atoms with Crippen molar-refractivity contribution in [2.24, 2.45) is 0 Å². The molecule has 16 heavy (non-hydrogen) atoms. The molecular formula is C11H10Br4O. The Morgan fingerprint density at radius 3 is 2.19 bits per heavy atom. The largest absolute Gasteiger partial charge is 0.298 e. The predicted octanol–water partition coefficient (Wildman–Crippen LogP) is 5.26. The average molecular weight is 478 g/mol. The Bertz CT molecular complexity index is 380. The monoisotopic (exact) mass is 474 g/mol. The van der Waals surface area contributed by atoms with Crippen molar-refractivity contribution in [3.8, 4) is 0 Å². The Kier molecular flexibility index (Phi) is 6.19. The van der Waals surface area contributed by atoms with Gasteiger partial charge in [-0.25, -0.2) is 0 Å². The van der Waals surface area contributed by atoms with Gasteiger partial charge in [-0.15, -0.1) is 0 Å². The van der Waals surface area contributed by atoms with Gasteiger partial charge in [-0.05, 0) is 24.1 Å². The molecule has 1 atom stereocenters. The van der Waals surface area contributed by atoms with Crippen LogP contribution in [-0.2, 0) is 11.2 Å². The van der Waals surface area contributed by atoms with Crippen LogP contribution < -0.4 is 0 Å². The molecule has 1 rings (SSSR count). The fourth-order valence-corrected chi connectivity index (χ4v) is 4.51. The Morgan fingerprint density at radius 1 is 1.25 bits per heavy atom. The minimum Gasteiger partial charge on any atom is -0.298 e. The molecular weight excluding hydrogens is 468 g/mol. The van der Waals surface area contributed by atoms with Crippen LogP contribution in [0.1, 0.15) is 18.9 Å². The van der Waals surface area contributed by atoms with Crippen LogP contribution in [0.15, 0.2) is 25.6 Å². The zero-order valence-corrected chi connectivity index (χ0v) is 14.9. The number of hydrogen-bond acceptors (Lipinski definition) is 1. The Morgan fingerprint density at radius 2 is 1.75 bits per heavy atom. The maximum absolute atomic E-state index is 11.5. The van der Waals surface area contributed by atoms with Crippen LogP contribution in [0.4, 0.5) is 0 Å². The van der Waals surface area contributed by atoms with Crippen molar-refractivity contribution in [1.82, 2.24) is 0 Å². The molecule has 0 saturated heterocycles. The lowest BCUT2D eigenvalue weighted by Gasteiger charge is -2.12. The number of hydrogen-bond donors (Lipinski definition) is 0. The molecule has 0 aliphatic carbocycles. The molecule has 0 fully saturated rings. The zero-order chi connectivity index (χ0) is 12.3. The molecule has 88 valence electrons. The predicted molar refractivity (Wildman–Crippen MR) is 81.3 cm³/mol. The van der Waals surface area contributed by atoms with Crippen molar-refractivity contribution in [2.75, 3.05) is 0 Å². The van der Waals surface area contributed by atoms with Crippen molar-refractivity contribution in [3.63, 3.8) is 0 Å². The van der Waals surface area contributed by atoms with Crippen molar-refractivity contribution in [1.29, 1.82) is 0 Å². The minimum atomic E-state index is -0.119. The van der Waals surface area contributed by atoms with E-state index in [0.717, 1.165) is 19.0 Å².